The van der Waals surface area contributed by atoms with Crippen LogP contribution in [-0.4, -0.2) is 28.9 Å². The minimum Gasteiger partial charge on any atom is -0.452 e. The standard InChI is InChI=1S/C20H23NO4S/c1-13(2)15-10-7-8-14(3)19(15)21-18(22)12-25-20(23)16-9-5-6-11-17(16)26(4)24/h5-11,13H,12H2,1-4H3,(H,21,22)/t26-/m1/s1. The maximum Gasteiger partial charge on any atom is 0.339 e. The Morgan fingerprint density at radius 3 is 2.46 bits per heavy atom. The van der Waals surface area contributed by atoms with Gasteiger partial charge in [-0.1, -0.05) is 44.2 Å². The second kappa shape index (κ2) is 8.76. The van der Waals surface area contributed by atoms with E-state index < -0.39 is 29.3 Å². The van der Waals surface area contributed by atoms with Gasteiger partial charge in [-0.25, -0.2) is 4.79 Å². The molecule has 0 radical (unpaired) electrons. The van der Waals surface area contributed by atoms with Crippen molar-refractivity contribution in [2.45, 2.75) is 31.6 Å². The van der Waals surface area contributed by atoms with Gasteiger partial charge in [0.15, 0.2) is 6.61 Å². The van der Waals surface area contributed by atoms with E-state index in [0.29, 0.717) is 4.90 Å². The van der Waals surface area contributed by atoms with Gasteiger partial charge in [0.25, 0.3) is 5.91 Å². The Labute approximate surface area is 156 Å². The zero-order valence-corrected chi connectivity index (χ0v) is 16.2. The predicted octanol–water partition coefficient (Wildman–Crippen LogP) is 3.65. The highest BCUT2D eigenvalue weighted by molar-refractivity contribution is 7.84. The summed E-state index contributed by atoms with van der Waals surface area (Å²) in [5.74, 6) is -0.830. The van der Waals surface area contributed by atoms with E-state index in [0.717, 1.165) is 16.8 Å². The van der Waals surface area contributed by atoms with E-state index in [1.165, 1.54) is 12.3 Å². The lowest BCUT2D eigenvalue weighted by Gasteiger charge is -2.16. The first-order valence-electron chi connectivity index (χ1n) is 8.30. The fourth-order valence-corrected chi connectivity index (χ4v) is 3.34. The summed E-state index contributed by atoms with van der Waals surface area (Å²) < 4.78 is 16.8. The van der Waals surface area contributed by atoms with Crippen LogP contribution >= 0.6 is 0 Å². The Balaban J connectivity index is 2.07. The van der Waals surface area contributed by atoms with Crippen LogP contribution in [-0.2, 0) is 20.3 Å². The molecule has 0 aliphatic carbocycles. The number of nitrogens with one attached hydrogen (secondary N) is 1. The number of anilines is 1. The number of benzene rings is 2. The minimum atomic E-state index is -1.32. The van der Waals surface area contributed by atoms with E-state index in [2.05, 4.69) is 5.32 Å². The lowest BCUT2D eigenvalue weighted by atomic mass is 9.98. The highest BCUT2D eigenvalue weighted by atomic mass is 32.2. The smallest absolute Gasteiger partial charge is 0.339 e. The van der Waals surface area contributed by atoms with Crippen molar-refractivity contribution in [3.8, 4) is 0 Å². The quantitative estimate of drug-likeness (QED) is 0.785. The van der Waals surface area contributed by atoms with E-state index in [9.17, 15) is 13.8 Å². The Bertz CT molecular complexity index is 845. The fraction of sp³-hybridized carbons (Fsp3) is 0.300. The van der Waals surface area contributed by atoms with Crippen LogP contribution in [0, 0.1) is 6.92 Å². The molecule has 0 aliphatic rings. The molecule has 1 atom stereocenters. The van der Waals surface area contributed by atoms with Crippen LogP contribution < -0.4 is 5.32 Å². The van der Waals surface area contributed by atoms with Crippen molar-refractivity contribution >= 4 is 28.4 Å². The molecule has 1 N–H and O–H groups in total. The number of hydrogen-bond acceptors (Lipinski definition) is 4. The number of ether oxygens (including phenoxy) is 1. The average Bonchev–Trinajstić information content (AvgIpc) is 2.61. The van der Waals surface area contributed by atoms with E-state index >= 15 is 0 Å². The Morgan fingerprint density at radius 1 is 1.12 bits per heavy atom. The molecule has 2 aromatic carbocycles. The van der Waals surface area contributed by atoms with Crippen molar-refractivity contribution in [3.05, 3.63) is 59.2 Å². The molecule has 0 spiro atoms. The van der Waals surface area contributed by atoms with Crippen molar-refractivity contribution < 1.29 is 18.5 Å². The molecule has 0 aromatic heterocycles. The number of carbonyl (C=O) groups excluding carboxylic acids is 2. The summed E-state index contributed by atoms with van der Waals surface area (Å²) in [7, 11) is -1.32. The summed E-state index contributed by atoms with van der Waals surface area (Å²) in [6.45, 7) is 5.61. The van der Waals surface area contributed by atoms with Crippen molar-refractivity contribution in [3.63, 3.8) is 0 Å². The first-order chi connectivity index (χ1) is 12.3. The molecule has 1 amide bonds. The van der Waals surface area contributed by atoms with Gasteiger partial charge in [-0.2, -0.15) is 0 Å². The third-order valence-corrected chi connectivity index (χ3v) is 4.92. The maximum atomic E-state index is 12.2. The average molecular weight is 373 g/mol. The van der Waals surface area contributed by atoms with E-state index in [-0.39, 0.29) is 11.5 Å². The molecule has 0 saturated carbocycles. The molecule has 2 aromatic rings. The van der Waals surface area contributed by atoms with Gasteiger partial charge in [0.1, 0.15) is 0 Å². The zero-order valence-electron chi connectivity index (χ0n) is 15.4. The van der Waals surface area contributed by atoms with Gasteiger partial charge in [0.05, 0.1) is 21.3 Å². The number of carbonyl (C=O) groups is 2. The van der Waals surface area contributed by atoms with E-state index in [1.807, 2.05) is 39.0 Å². The highest BCUT2D eigenvalue weighted by Crippen LogP contribution is 2.27. The van der Waals surface area contributed by atoms with Crippen molar-refractivity contribution in [1.29, 1.82) is 0 Å². The first-order valence-corrected chi connectivity index (χ1v) is 9.86. The van der Waals surface area contributed by atoms with Crippen molar-refractivity contribution in [1.82, 2.24) is 0 Å². The third-order valence-electron chi connectivity index (χ3n) is 3.94. The predicted molar refractivity (Wildman–Crippen MR) is 103 cm³/mol. The highest BCUT2D eigenvalue weighted by Gasteiger charge is 2.17. The lowest BCUT2D eigenvalue weighted by molar-refractivity contribution is -0.119. The second-order valence-electron chi connectivity index (χ2n) is 6.27. The molecule has 26 heavy (non-hydrogen) atoms. The maximum absolute atomic E-state index is 12.2. The Hall–Kier alpha value is -2.47. The molecular weight excluding hydrogens is 350 g/mol. The Kier molecular flexibility index (Phi) is 6.69. The minimum absolute atomic E-state index is 0.208. The van der Waals surface area contributed by atoms with Crippen LogP contribution in [0.15, 0.2) is 47.4 Å². The topological polar surface area (TPSA) is 72.5 Å². The summed E-state index contributed by atoms with van der Waals surface area (Å²) >= 11 is 0. The van der Waals surface area contributed by atoms with Crippen LogP contribution in [0.1, 0.15) is 41.3 Å². The van der Waals surface area contributed by atoms with Crippen LogP contribution in [0.5, 0.6) is 0 Å². The van der Waals surface area contributed by atoms with Crippen LogP contribution in [0.4, 0.5) is 5.69 Å². The van der Waals surface area contributed by atoms with Gasteiger partial charge < -0.3 is 10.1 Å². The number of esters is 1. The molecule has 0 unspecified atom stereocenters. The van der Waals surface area contributed by atoms with Crippen molar-refractivity contribution in [2.75, 3.05) is 18.2 Å². The van der Waals surface area contributed by atoms with Crippen LogP contribution in [0.25, 0.3) is 0 Å². The van der Waals surface area contributed by atoms with E-state index in [4.69, 9.17) is 4.74 Å². The number of para-hydroxylation sites is 1. The monoisotopic (exact) mass is 373 g/mol. The van der Waals surface area contributed by atoms with Gasteiger partial charge in [0, 0.05) is 11.9 Å². The number of aryl methyl sites for hydroxylation is 1. The van der Waals surface area contributed by atoms with Crippen molar-refractivity contribution in [2.24, 2.45) is 0 Å². The van der Waals surface area contributed by atoms with Gasteiger partial charge in [-0.3, -0.25) is 9.00 Å². The molecule has 0 bridgehead atoms. The molecule has 0 fully saturated rings. The fourth-order valence-electron chi connectivity index (χ4n) is 2.61. The van der Waals surface area contributed by atoms with Gasteiger partial charge >= 0.3 is 5.97 Å². The molecular formula is C20H23NO4S. The number of amides is 1. The summed E-state index contributed by atoms with van der Waals surface area (Å²) in [6, 6.07) is 12.3. The lowest BCUT2D eigenvalue weighted by Crippen LogP contribution is -2.22. The SMILES string of the molecule is Cc1cccc(C(C)C)c1NC(=O)COC(=O)c1ccccc1[S@@](C)=O. The zero-order chi connectivity index (χ0) is 19.3. The normalized spacial score (nSPS) is 11.9. The Morgan fingerprint density at radius 2 is 1.81 bits per heavy atom. The van der Waals surface area contributed by atoms with Gasteiger partial charge in [-0.05, 0) is 36.1 Å². The molecule has 2 rings (SSSR count). The summed E-state index contributed by atoms with van der Waals surface area (Å²) in [6.07, 6.45) is 1.49. The van der Waals surface area contributed by atoms with Gasteiger partial charge in [0.2, 0.25) is 0 Å². The third kappa shape index (κ3) is 4.79. The van der Waals surface area contributed by atoms with Crippen LogP contribution in [0.3, 0.4) is 0 Å². The molecule has 0 heterocycles. The summed E-state index contributed by atoms with van der Waals surface area (Å²) in [5, 5.41) is 2.83. The molecule has 6 heteroatoms. The van der Waals surface area contributed by atoms with E-state index in [1.54, 1.807) is 18.2 Å². The second-order valence-corrected chi connectivity index (χ2v) is 7.62. The first kappa shape index (κ1) is 19.8. The van der Waals surface area contributed by atoms with Crippen LogP contribution in [0.2, 0.25) is 0 Å². The number of rotatable bonds is 6. The molecule has 0 aliphatic heterocycles. The molecule has 0 saturated heterocycles. The summed E-state index contributed by atoms with van der Waals surface area (Å²) in [5.41, 5.74) is 2.93. The van der Waals surface area contributed by atoms with Gasteiger partial charge in [-0.15, -0.1) is 0 Å². The molecule has 5 nitrogen and oxygen atoms in total. The molecule has 138 valence electrons. The summed E-state index contributed by atoms with van der Waals surface area (Å²) in [4.78, 5) is 24.9. The number of hydrogen-bond donors (Lipinski definition) is 1. The largest absolute Gasteiger partial charge is 0.452 e.